The maximum absolute atomic E-state index is 12.0. The Morgan fingerprint density at radius 1 is 1.45 bits per heavy atom. The highest BCUT2D eigenvalue weighted by Crippen LogP contribution is 2.20. The summed E-state index contributed by atoms with van der Waals surface area (Å²) in [6.45, 7) is 5.67. The van der Waals surface area contributed by atoms with Crippen LogP contribution in [0, 0.1) is 11.8 Å². The van der Waals surface area contributed by atoms with Crippen molar-refractivity contribution in [3.05, 3.63) is 0 Å². The van der Waals surface area contributed by atoms with Crippen molar-refractivity contribution in [2.24, 2.45) is 17.6 Å². The van der Waals surface area contributed by atoms with E-state index < -0.39 is 0 Å². The molecule has 0 aromatic rings. The molecule has 5 nitrogen and oxygen atoms in total. The van der Waals surface area contributed by atoms with Crippen molar-refractivity contribution in [1.82, 2.24) is 10.2 Å². The summed E-state index contributed by atoms with van der Waals surface area (Å²) in [6.07, 6.45) is 3.71. The molecule has 1 rings (SSSR count). The van der Waals surface area contributed by atoms with Crippen molar-refractivity contribution in [2.75, 3.05) is 20.1 Å². The Morgan fingerprint density at radius 3 is 2.70 bits per heavy atom. The van der Waals surface area contributed by atoms with E-state index in [1.807, 2.05) is 0 Å². The molecule has 0 bridgehead atoms. The van der Waals surface area contributed by atoms with Crippen molar-refractivity contribution in [1.29, 1.82) is 0 Å². The predicted octanol–water partition coefficient (Wildman–Crippen LogP) is 1.12. The fraction of sp³-hybridized carbons (Fsp3) is 0.867. The average molecular weight is 283 g/mol. The summed E-state index contributed by atoms with van der Waals surface area (Å²) < 4.78 is 0. The zero-order valence-electron chi connectivity index (χ0n) is 13.0. The number of carbonyl (C=O) groups is 2. The number of piperidine rings is 1. The van der Waals surface area contributed by atoms with Gasteiger partial charge in [-0.2, -0.15) is 0 Å². The van der Waals surface area contributed by atoms with Crippen LogP contribution < -0.4 is 11.1 Å². The molecular formula is C15H29N3O2. The number of carbonyl (C=O) groups excluding carboxylic acids is 2. The number of amides is 2. The molecule has 1 aliphatic heterocycles. The standard InChI is InChI=1S/C15H29N3O2/c1-11(2)12(8-9-16)4-6-14(19)17-13-5-7-15(20)18(3)10-13/h11-13H,4-10,16H2,1-3H3,(H,17,19). The van der Waals surface area contributed by atoms with E-state index in [9.17, 15) is 9.59 Å². The highest BCUT2D eigenvalue weighted by molar-refractivity contribution is 5.78. The SMILES string of the molecule is CC(C)C(CCN)CCC(=O)NC1CCC(=O)N(C)C1. The summed E-state index contributed by atoms with van der Waals surface area (Å²) in [7, 11) is 1.79. The molecule has 1 fully saturated rings. The number of rotatable bonds is 7. The predicted molar refractivity (Wildman–Crippen MR) is 80.0 cm³/mol. The molecule has 0 aromatic heterocycles. The Balaban J connectivity index is 2.31. The van der Waals surface area contributed by atoms with E-state index in [1.165, 1.54) is 0 Å². The molecule has 0 aliphatic carbocycles. The minimum absolute atomic E-state index is 0.0976. The van der Waals surface area contributed by atoms with Gasteiger partial charge in [0.15, 0.2) is 0 Å². The number of likely N-dealkylation sites (N-methyl/N-ethyl adjacent to an activating group) is 1. The molecule has 0 saturated carbocycles. The number of nitrogens with one attached hydrogen (secondary N) is 1. The first-order chi connectivity index (χ1) is 9.43. The van der Waals surface area contributed by atoms with Crippen molar-refractivity contribution >= 4 is 11.8 Å². The van der Waals surface area contributed by atoms with Crippen LogP contribution in [-0.2, 0) is 9.59 Å². The topological polar surface area (TPSA) is 75.4 Å². The van der Waals surface area contributed by atoms with Crippen LogP contribution in [0.4, 0.5) is 0 Å². The van der Waals surface area contributed by atoms with Crippen LogP contribution in [0.2, 0.25) is 0 Å². The Hall–Kier alpha value is -1.10. The minimum Gasteiger partial charge on any atom is -0.352 e. The van der Waals surface area contributed by atoms with Gasteiger partial charge in [-0.3, -0.25) is 9.59 Å². The monoisotopic (exact) mass is 283 g/mol. The third-order valence-electron chi connectivity index (χ3n) is 4.21. The average Bonchev–Trinajstić information content (AvgIpc) is 2.38. The highest BCUT2D eigenvalue weighted by Gasteiger charge is 2.24. The van der Waals surface area contributed by atoms with Crippen LogP contribution in [0.1, 0.15) is 46.0 Å². The minimum atomic E-state index is 0.0976. The Labute approximate surface area is 122 Å². The van der Waals surface area contributed by atoms with Crippen LogP contribution >= 0.6 is 0 Å². The maximum Gasteiger partial charge on any atom is 0.222 e. The van der Waals surface area contributed by atoms with E-state index in [-0.39, 0.29) is 17.9 Å². The number of hydrogen-bond donors (Lipinski definition) is 2. The second kappa shape index (κ2) is 8.25. The summed E-state index contributed by atoms with van der Waals surface area (Å²) in [6, 6.07) is 0.109. The molecule has 3 N–H and O–H groups in total. The molecule has 0 radical (unpaired) electrons. The fourth-order valence-corrected chi connectivity index (χ4v) is 2.77. The third-order valence-corrected chi connectivity index (χ3v) is 4.21. The van der Waals surface area contributed by atoms with Crippen LogP contribution in [0.5, 0.6) is 0 Å². The molecule has 1 heterocycles. The largest absolute Gasteiger partial charge is 0.352 e. The summed E-state index contributed by atoms with van der Waals surface area (Å²) in [5.74, 6) is 1.34. The van der Waals surface area contributed by atoms with Gasteiger partial charge in [0, 0.05) is 32.5 Å². The molecular weight excluding hydrogens is 254 g/mol. The zero-order valence-corrected chi connectivity index (χ0v) is 13.0. The van der Waals surface area contributed by atoms with E-state index in [2.05, 4.69) is 19.2 Å². The summed E-state index contributed by atoms with van der Waals surface area (Å²) in [5, 5.41) is 3.04. The van der Waals surface area contributed by atoms with Crippen LogP contribution in [0.3, 0.4) is 0 Å². The van der Waals surface area contributed by atoms with Gasteiger partial charge in [-0.05, 0) is 37.6 Å². The number of hydrogen-bond acceptors (Lipinski definition) is 3. The highest BCUT2D eigenvalue weighted by atomic mass is 16.2. The first kappa shape index (κ1) is 17.0. The normalized spacial score (nSPS) is 21.1. The van der Waals surface area contributed by atoms with Crippen LogP contribution in [0.15, 0.2) is 0 Å². The van der Waals surface area contributed by atoms with Gasteiger partial charge in [-0.25, -0.2) is 0 Å². The van der Waals surface area contributed by atoms with Gasteiger partial charge in [0.25, 0.3) is 0 Å². The quantitative estimate of drug-likeness (QED) is 0.735. The molecule has 1 saturated heterocycles. The van der Waals surface area contributed by atoms with E-state index in [1.54, 1.807) is 11.9 Å². The van der Waals surface area contributed by atoms with E-state index in [0.717, 1.165) is 19.3 Å². The van der Waals surface area contributed by atoms with Crippen molar-refractivity contribution in [2.45, 2.75) is 52.0 Å². The second-order valence-electron chi connectivity index (χ2n) is 6.20. The van der Waals surface area contributed by atoms with Crippen LogP contribution in [-0.4, -0.2) is 42.9 Å². The van der Waals surface area contributed by atoms with E-state index in [4.69, 9.17) is 5.73 Å². The summed E-state index contributed by atoms with van der Waals surface area (Å²) in [4.78, 5) is 25.1. The number of nitrogens with zero attached hydrogens (tertiary/aromatic N) is 1. The lowest BCUT2D eigenvalue weighted by Gasteiger charge is -2.30. The molecule has 2 atom stereocenters. The molecule has 2 amide bonds. The number of nitrogens with two attached hydrogens (primary N) is 1. The summed E-state index contributed by atoms with van der Waals surface area (Å²) >= 11 is 0. The Kier molecular flexibility index (Phi) is 6.99. The van der Waals surface area contributed by atoms with Gasteiger partial charge in [0.1, 0.15) is 0 Å². The molecule has 0 aromatic carbocycles. The molecule has 20 heavy (non-hydrogen) atoms. The smallest absolute Gasteiger partial charge is 0.222 e. The van der Waals surface area contributed by atoms with Gasteiger partial charge in [-0.15, -0.1) is 0 Å². The molecule has 116 valence electrons. The first-order valence-electron chi connectivity index (χ1n) is 7.67. The van der Waals surface area contributed by atoms with Gasteiger partial charge in [0.05, 0.1) is 0 Å². The molecule has 2 unspecified atom stereocenters. The van der Waals surface area contributed by atoms with Gasteiger partial charge < -0.3 is 16.0 Å². The van der Waals surface area contributed by atoms with Crippen molar-refractivity contribution in [3.63, 3.8) is 0 Å². The van der Waals surface area contributed by atoms with Gasteiger partial charge >= 0.3 is 0 Å². The van der Waals surface area contributed by atoms with E-state index >= 15 is 0 Å². The lowest BCUT2D eigenvalue weighted by Crippen LogP contribution is -2.48. The zero-order chi connectivity index (χ0) is 15.1. The van der Waals surface area contributed by atoms with E-state index in [0.29, 0.717) is 37.8 Å². The third kappa shape index (κ3) is 5.49. The van der Waals surface area contributed by atoms with Crippen molar-refractivity contribution < 1.29 is 9.59 Å². The molecule has 5 heteroatoms. The number of likely N-dealkylation sites (tertiary alicyclic amines) is 1. The molecule has 1 aliphatic rings. The Morgan fingerprint density at radius 2 is 2.15 bits per heavy atom. The van der Waals surface area contributed by atoms with Crippen molar-refractivity contribution in [3.8, 4) is 0 Å². The lowest BCUT2D eigenvalue weighted by molar-refractivity contribution is -0.134. The summed E-state index contributed by atoms with van der Waals surface area (Å²) in [5.41, 5.74) is 5.61. The Bertz CT molecular complexity index is 331. The van der Waals surface area contributed by atoms with Gasteiger partial charge in [0.2, 0.25) is 11.8 Å². The fourth-order valence-electron chi connectivity index (χ4n) is 2.77. The van der Waals surface area contributed by atoms with Gasteiger partial charge in [-0.1, -0.05) is 13.8 Å². The first-order valence-corrected chi connectivity index (χ1v) is 7.67. The lowest BCUT2D eigenvalue weighted by atomic mass is 9.88. The second-order valence-corrected chi connectivity index (χ2v) is 6.20. The maximum atomic E-state index is 12.0. The molecule has 0 spiro atoms. The van der Waals surface area contributed by atoms with Crippen LogP contribution in [0.25, 0.3) is 0 Å².